The van der Waals surface area contributed by atoms with Crippen molar-refractivity contribution in [2.24, 2.45) is 0 Å². The van der Waals surface area contributed by atoms with Crippen LogP contribution in [-0.2, 0) is 14.6 Å². The molecule has 0 unspecified atom stereocenters. The standard InChI is InChI=1S/C22H27NO5S/c1-29(25,26)21-14-12-18(13-15-21)27-16-4-7-22(24)23-17-8-10-20(11-9-17)28-19-5-2-3-6-19/h8-15,19H,2-7,16H2,1H3,(H,23,24). The molecule has 0 saturated heterocycles. The molecule has 1 fully saturated rings. The zero-order chi connectivity index (χ0) is 20.7. The average molecular weight is 418 g/mol. The molecule has 0 radical (unpaired) electrons. The SMILES string of the molecule is CS(=O)(=O)c1ccc(OCCCC(=O)Nc2ccc(OC3CCCC3)cc2)cc1. The Morgan fingerprint density at radius 3 is 2.24 bits per heavy atom. The monoisotopic (exact) mass is 417 g/mol. The molecule has 0 bridgehead atoms. The Morgan fingerprint density at radius 1 is 1.00 bits per heavy atom. The summed E-state index contributed by atoms with van der Waals surface area (Å²) in [4.78, 5) is 12.3. The Balaban J connectivity index is 1.36. The third kappa shape index (κ3) is 6.78. The molecule has 1 aliphatic carbocycles. The number of nitrogens with one attached hydrogen (secondary N) is 1. The molecule has 2 aromatic carbocycles. The zero-order valence-electron chi connectivity index (χ0n) is 16.6. The molecule has 0 atom stereocenters. The number of hydrogen-bond acceptors (Lipinski definition) is 5. The molecule has 0 spiro atoms. The largest absolute Gasteiger partial charge is 0.494 e. The molecule has 7 heteroatoms. The molecule has 0 aliphatic heterocycles. The van der Waals surface area contributed by atoms with Crippen LogP contribution in [0.3, 0.4) is 0 Å². The molecule has 0 aromatic heterocycles. The number of anilines is 1. The molecule has 156 valence electrons. The Kier molecular flexibility index (Phi) is 7.14. The second-order valence-corrected chi connectivity index (χ2v) is 9.31. The number of carbonyl (C=O) groups is 1. The highest BCUT2D eigenvalue weighted by molar-refractivity contribution is 7.90. The van der Waals surface area contributed by atoms with E-state index in [0.717, 1.165) is 30.5 Å². The molecular formula is C22H27NO5S. The lowest BCUT2D eigenvalue weighted by atomic mass is 10.2. The summed E-state index contributed by atoms with van der Waals surface area (Å²) in [6.07, 6.45) is 7.06. The van der Waals surface area contributed by atoms with Gasteiger partial charge < -0.3 is 14.8 Å². The number of benzene rings is 2. The first-order chi connectivity index (χ1) is 13.9. The van der Waals surface area contributed by atoms with Gasteiger partial charge in [0.05, 0.1) is 17.6 Å². The van der Waals surface area contributed by atoms with Gasteiger partial charge in [-0.25, -0.2) is 8.42 Å². The van der Waals surface area contributed by atoms with Crippen molar-refractivity contribution in [1.82, 2.24) is 0 Å². The molecule has 6 nitrogen and oxygen atoms in total. The van der Waals surface area contributed by atoms with E-state index in [1.54, 1.807) is 12.1 Å². The van der Waals surface area contributed by atoms with Gasteiger partial charge in [0.2, 0.25) is 5.91 Å². The van der Waals surface area contributed by atoms with Gasteiger partial charge in [0, 0.05) is 18.4 Å². The normalized spacial score (nSPS) is 14.5. The van der Waals surface area contributed by atoms with E-state index >= 15 is 0 Å². The van der Waals surface area contributed by atoms with Crippen LogP contribution in [0.1, 0.15) is 38.5 Å². The average Bonchev–Trinajstić information content (AvgIpc) is 3.19. The van der Waals surface area contributed by atoms with Crippen LogP contribution >= 0.6 is 0 Å². The number of ether oxygens (including phenoxy) is 2. The van der Waals surface area contributed by atoms with Crippen molar-refractivity contribution in [3.63, 3.8) is 0 Å². The van der Waals surface area contributed by atoms with Crippen LogP contribution in [0.2, 0.25) is 0 Å². The predicted octanol–water partition coefficient (Wildman–Crippen LogP) is 4.21. The summed E-state index contributed by atoms with van der Waals surface area (Å²) in [5.41, 5.74) is 0.742. The fourth-order valence-corrected chi connectivity index (χ4v) is 3.88. The number of sulfone groups is 1. The lowest BCUT2D eigenvalue weighted by molar-refractivity contribution is -0.116. The van der Waals surface area contributed by atoms with Gasteiger partial charge in [-0.2, -0.15) is 0 Å². The Bertz CT molecular complexity index is 901. The van der Waals surface area contributed by atoms with Crippen LogP contribution in [0.5, 0.6) is 11.5 Å². The fourth-order valence-electron chi connectivity index (χ4n) is 3.24. The summed E-state index contributed by atoms with van der Waals surface area (Å²) in [6.45, 7) is 0.375. The molecule has 1 aliphatic rings. The van der Waals surface area contributed by atoms with Gasteiger partial charge in [0.15, 0.2) is 9.84 Å². The minimum Gasteiger partial charge on any atom is -0.494 e. The highest BCUT2D eigenvalue weighted by Crippen LogP contribution is 2.25. The molecule has 1 amide bonds. The maximum Gasteiger partial charge on any atom is 0.224 e. The van der Waals surface area contributed by atoms with Gasteiger partial charge in [-0.3, -0.25) is 4.79 Å². The quantitative estimate of drug-likeness (QED) is 0.618. The van der Waals surface area contributed by atoms with E-state index in [9.17, 15) is 13.2 Å². The van der Waals surface area contributed by atoms with E-state index in [2.05, 4.69) is 5.32 Å². The molecule has 0 heterocycles. The summed E-state index contributed by atoms with van der Waals surface area (Å²) in [5, 5.41) is 2.87. The number of rotatable bonds is 9. The molecule has 1 saturated carbocycles. The summed E-state index contributed by atoms with van der Waals surface area (Å²) >= 11 is 0. The molecule has 2 aromatic rings. The first kappa shape index (κ1) is 21.2. The summed E-state index contributed by atoms with van der Waals surface area (Å²) in [7, 11) is -3.21. The van der Waals surface area contributed by atoms with Crippen LogP contribution in [0.4, 0.5) is 5.69 Å². The maximum atomic E-state index is 12.1. The van der Waals surface area contributed by atoms with E-state index in [0.29, 0.717) is 31.3 Å². The predicted molar refractivity (Wildman–Crippen MR) is 112 cm³/mol. The van der Waals surface area contributed by atoms with Crippen molar-refractivity contribution < 1.29 is 22.7 Å². The van der Waals surface area contributed by atoms with Crippen LogP contribution in [0, 0.1) is 0 Å². The zero-order valence-corrected chi connectivity index (χ0v) is 17.4. The van der Waals surface area contributed by atoms with Gasteiger partial charge in [-0.05, 0) is 80.6 Å². The van der Waals surface area contributed by atoms with Gasteiger partial charge in [0.1, 0.15) is 11.5 Å². The van der Waals surface area contributed by atoms with E-state index in [4.69, 9.17) is 9.47 Å². The fraction of sp³-hybridized carbons (Fsp3) is 0.409. The number of amides is 1. The second-order valence-electron chi connectivity index (χ2n) is 7.29. The number of hydrogen-bond donors (Lipinski definition) is 1. The molecule has 29 heavy (non-hydrogen) atoms. The highest BCUT2D eigenvalue weighted by Gasteiger charge is 2.16. The van der Waals surface area contributed by atoms with Crippen molar-refractivity contribution in [3.05, 3.63) is 48.5 Å². The summed E-state index contributed by atoms with van der Waals surface area (Å²) in [5.74, 6) is 1.34. The van der Waals surface area contributed by atoms with Crippen molar-refractivity contribution in [1.29, 1.82) is 0 Å². The van der Waals surface area contributed by atoms with E-state index < -0.39 is 9.84 Å². The first-order valence-corrected chi connectivity index (χ1v) is 11.8. The van der Waals surface area contributed by atoms with E-state index in [1.165, 1.54) is 25.0 Å². The Labute approximate surface area is 172 Å². The highest BCUT2D eigenvalue weighted by atomic mass is 32.2. The van der Waals surface area contributed by atoms with Crippen molar-refractivity contribution in [3.8, 4) is 11.5 Å². The third-order valence-corrected chi connectivity index (χ3v) is 5.94. The molecular weight excluding hydrogens is 390 g/mol. The second kappa shape index (κ2) is 9.78. The first-order valence-electron chi connectivity index (χ1n) is 9.90. The van der Waals surface area contributed by atoms with Gasteiger partial charge >= 0.3 is 0 Å². The van der Waals surface area contributed by atoms with Gasteiger partial charge in [-0.15, -0.1) is 0 Å². The van der Waals surface area contributed by atoms with E-state index in [-0.39, 0.29) is 10.8 Å². The summed E-state index contributed by atoms with van der Waals surface area (Å²) in [6, 6.07) is 13.7. The molecule has 1 N–H and O–H groups in total. The van der Waals surface area contributed by atoms with Crippen molar-refractivity contribution >= 4 is 21.4 Å². The van der Waals surface area contributed by atoms with Crippen LogP contribution < -0.4 is 14.8 Å². The van der Waals surface area contributed by atoms with Gasteiger partial charge in [0.25, 0.3) is 0 Å². The van der Waals surface area contributed by atoms with Gasteiger partial charge in [-0.1, -0.05) is 0 Å². The molecule has 3 rings (SSSR count). The third-order valence-electron chi connectivity index (χ3n) is 4.81. The number of carbonyl (C=O) groups excluding carboxylic acids is 1. The Hall–Kier alpha value is -2.54. The van der Waals surface area contributed by atoms with Crippen LogP contribution in [-0.4, -0.2) is 33.3 Å². The maximum absolute atomic E-state index is 12.1. The smallest absolute Gasteiger partial charge is 0.224 e. The Morgan fingerprint density at radius 2 is 1.62 bits per heavy atom. The summed E-state index contributed by atoms with van der Waals surface area (Å²) < 4.78 is 34.3. The topological polar surface area (TPSA) is 81.7 Å². The van der Waals surface area contributed by atoms with Crippen LogP contribution in [0.15, 0.2) is 53.4 Å². The van der Waals surface area contributed by atoms with Crippen molar-refractivity contribution in [2.75, 3.05) is 18.2 Å². The lowest BCUT2D eigenvalue weighted by Crippen LogP contribution is -2.13. The van der Waals surface area contributed by atoms with Crippen LogP contribution in [0.25, 0.3) is 0 Å². The lowest BCUT2D eigenvalue weighted by Gasteiger charge is -2.13. The van der Waals surface area contributed by atoms with Crippen molar-refractivity contribution in [2.45, 2.75) is 49.5 Å². The minimum absolute atomic E-state index is 0.0783. The van der Waals surface area contributed by atoms with E-state index in [1.807, 2.05) is 24.3 Å². The minimum atomic E-state index is -3.21.